The zero-order chi connectivity index (χ0) is 19.2. The fourth-order valence-electron chi connectivity index (χ4n) is 3.06. The molecule has 2 unspecified atom stereocenters. The largest absolute Gasteiger partial charge is 0.378 e. The maximum Gasteiger partial charge on any atom is 0.254 e. The number of anilines is 1. The van der Waals surface area contributed by atoms with E-state index < -0.39 is 12.0 Å². The van der Waals surface area contributed by atoms with Crippen LogP contribution >= 0.6 is 0 Å². The summed E-state index contributed by atoms with van der Waals surface area (Å²) in [6.07, 6.45) is 0. The molecule has 2 aromatic rings. The molecule has 1 aliphatic rings. The van der Waals surface area contributed by atoms with Crippen LogP contribution in [-0.4, -0.2) is 43.0 Å². The molecule has 0 aromatic heterocycles. The van der Waals surface area contributed by atoms with Crippen LogP contribution in [-0.2, 0) is 9.53 Å². The first-order valence-electron chi connectivity index (χ1n) is 9.15. The molecule has 6 nitrogen and oxygen atoms in total. The van der Waals surface area contributed by atoms with Gasteiger partial charge >= 0.3 is 0 Å². The molecule has 2 amide bonds. The van der Waals surface area contributed by atoms with Gasteiger partial charge in [-0.1, -0.05) is 43.3 Å². The summed E-state index contributed by atoms with van der Waals surface area (Å²) < 4.78 is 5.28. The molecule has 2 aromatic carbocycles. The molecule has 0 spiro atoms. The van der Waals surface area contributed by atoms with E-state index in [-0.39, 0.29) is 11.8 Å². The second-order valence-corrected chi connectivity index (χ2v) is 6.70. The van der Waals surface area contributed by atoms with E-state index in [9.17, 15) is 9.59 Å². The van der Waals surface area contributed by atoms with E-state index in [1.807, 2.05) is 30.3 Å². The monoisotopic (exact) mass is 367 g/mol. The molecule has 1 heterocycles. The van der Waals surface area contributed by atoms with Crippen LogP contribution in [0.4, 0.5) is 5.69 Å². The van der Waals surface area contributed by atoms with Gasteiger partial charge in [0.2, 0.25) is 5.91 Å². The molecule has 3 N–H and O–H groups in total. The number of morpholine rings is 1. The van der Waals surface area contributed by atoms with Crippen LogP contribution in [0.3, 0.4) is 0 Å². The fourth-order valence-corrected chi connectivity index (χ4v) is 3.06. The Morgan fingerprint density at radius 1 is 1.07 bits per heavy atom. The van der Waals surface area contributed by atoms with E-state index in [1.165, 1.54) is 0 Å². The van der Waals surface area contributed by atoms with Crippen molar-refractivity contribution in [3.05, 3.63) is 65.7 Å². The van der Waals surface area contributed by atoms with Crippen molar-refractivity contribution in [3.8, 4) is 0 Å². The lowest BCUT2D eigenvalue weighted by Gasteiger charge is -2.27. The molecule has 0 saturated carbocycles. The number of rotatable bonds is 5. The molecule has 1 aliphatic heterocycles. The molecule has 6 heteroatoms. The second kappa shape index (κ2) is 8.79. The quantitative estimate of drug-likeness (QED) is 0.850. The molecule has 0 aliphatic carbocycles. The van der Waals surface area contributed by atoms with E-state index in [0.717, 1.165) is 5.56 Å². The third-order valence-electron chi connectivity index (χ3n) is 4.81. The van der Waals surface area contributed by atoms with E-state index in [1.54, 1.807) is 36.1 Å². The average Bonchev–Trinajstić information content (AvgIpc) is 2.73. The van der Waals surface area contributed by atoms with Crippen molar-refractivity contribution < 1.29 is 14.3 Å². The lowest BCUT2D eigenvalue weighted by Crippen LogP contribution is -2.40. The molecular formula is C21H25N3O3. The van der Waals surface area contributed by atoms with Crippen LogP contribution in [0.15, 0.2) is 54.6 Å². The summed E-state index contributed by atoms with van der Waals surface area (Å²) >= 11 is 0. The summed E-state index contributed by atoms with van der Waals surface area (Å²) in [4.78, 5) is 27.0. The van der Waals surface area contributed by atoms with Gasteiger partial charge in [0.15, 0.2) is 0 Å². The number of hydrogen-bond acceptors (Lipinski definition) is 4. The highest BCUT2D eigenvalue weighted by atomic mass is 16.5. The van der Waals surface area contributed by atoms with Gasteiger partial charge in [0.1, 0.15) is 0 Å². The predicted octanol–water partition coefficient (Wildman–Crippen LogP) is 2.43. The van der Waals surface area contributed by atoms with Crippen molar-refractivity contribution in [1.82, 2.24) is 4.90 Å². The molecule has 1 fully saturated rings. The lowest BCUT2D eigenvalue weighted by atomic mass is 9.94. The first-order chi connectivity index (χ1) is 13.1. The third kappa shape index (κ3) is 4.72. The van der Waals surface area contributed by atoms with Crippen molar-refractivity contribution >= 4 is 17.5 Å². The first-order valence-corrected chi connectivity index (χ1v) is 9.15. The van der Waals surface area contributed by atoms with Crippen LogP contribution < -0.4 is 11.1 Å². The Morgan fingerprint density at radius 3 is 2.48 bits per heavy atom. The maximum atomic E-state index is 12.6. The van der Waals surface area contributed by atoms with Gasteiger partial charge in [0.25, 0.3) is 5.91 Å². The van der Waals surface area contributed by atoms with Crippen molar-refractivity contribution in [1.29, 1.82) is 0 Å². The molecule has 0 radical (unpaired) electrons. The van der Waals surface area contributed by atoms with Gasteiger partial charge in [0.05, 0.1) is 19.1 Å². The van der Waals surface area contributed by atoms with E-state index in [0.29, 0.717) is 37.6 Å². The number of amides is 2. The number of hydrogen-bond donors (Lipinski definition) is 2. The number of nitrogens with one attached hydrogen (secondary N) is 1. The standard InChI is InChI=1S/C21H25N3O3/c1-15(19(22)16-6-3-2-4-7-16)20(25)23-18-9-5-8-17(14-18)21(26)24-10-12-27-13-11-24/h2-9,14-15,19H,10-13,22H2,1H3,(H,23,25). The SMILES string of the molecule is CC(C(=O)Nc1cccc(C(=O)N2CCOCC2)c1)C(N)c1ccccc1. The Bertz CT molecular complexity index is 788. The highest BCUT2D eigenvalue weighted by Gasteiger charge is 2.23. The minimum absolute atomic E-state index is 0.0524. The number of carbonyl (C=O) groups is 2. The van der Waals surface area contributed by atoms with Crippen LogP contribution in [0.1, 0.15) is 28.9 Å². The number of carbonyl (C=O) groups excluding carboxylic acids is 2. The van der Waals surface area contributed by atoms with E-state index >= 15 is 0 Å². The summed E-state index contributed by atoms with van der Waals surface area (Å²) in [5, 5.41) is 2.88. The molecule has 142 valence electrons. The molecule has 1 saturated heterocycles. The summed E-state index contributed by atoms with van der Waals surface area (Å²) in [7, 11) is 0. The van der Waals surface area contributed by atoms with Gasteiger partial charge in [-0.2, -0.15) is 0 Å². The van der Waals surface area contributed by atoms with Gasteiger partial charge in [0, 0.05) is 30.4 Å². The molecule has 3 rings (SSSR count). The van der Waals surface area contributed by atoms with Crippen molar-refractivity contribution in [2.75, 3.05) is 31.6 Å². The molecule has 2 atom stereocenters. The Balaban J connectivity index is 1.66. The third-order valence-corrected chi connectivity index (χ3v) is 4.81. The minimum atomic E-state index is -0.411. The second-order valence-electron chi connectivity index (χ2n) is 6.70. The Hall–Kier alpha value is -2.70. The molecule has 27 heavy (non-hydrogen) atoms. The van der Waals surface area contributed by atoms with Gasteiger partial charge in [-0.05, 0) is 23.8 Å². The molecule has 0 bridgehead atoms. The number of ether oxygens (including phenoxy) is 1. The van der Waals surface area contributed by atoms with Gasteiger partial charge in [-0.15, -0.1) is 0 Å². The number of nitrogens with zero attached hydrogens (tertiary/aromatic N) is 1. The predicted molar refractivity (Wildman–Crippen MR) is 104 cm³/mol. The zero-order valence-corrected chi connectivity index (χ0v) is 15.4. The normalized spacial score (nSPS) is 16.4. The van der Waals surface area contributed by atoms with Crippen molar-refractivity contribution in [2.45, 2.75) is 13.0 Å². The average molecular weight is 367 g/mol. The molecular weight excluding hydrogens is 342 g/mol. The highest BCUT2D eigenvalue weighted by molar-refractivity contribution is 5.97. The van der Waals surface area contributed by atoms with Gasteiger partial charge in [-0.25, -0.2) is 0 Å². The zero-order valence-electron chi connectivity index (χ0n) is 15.4. The van der Waals surface area contributed by atoms with Crippen LogP contribution in [0.5, 0.6) is 0 Å². The minimum Gasteiger partial charge on any atom is -0.378 e. The Kier molecular flexibility index (Phi) is 6.21. The fraction of sp³-hybridized carbons (Fsp3) is 0.333. The van der Waals surface area contributed by atoms with Crippen LogP contribution in [0.2, 0.25) is 0 Å². The number of nitrogens with two attached hydrogens (primary N) is 1. The Labute approximate surface area is 159 Å². The highest BCUT2D eigenvalue weighted by Crippen LogP contribution is 2.21. The summed E-state index contributed by atoms with van der Waals surface area (Å²) in [5.41, 5.74) is 8.29. The summed E-state index contributed by atoms with van der Waals surface area (Å²) in [6, 6.07) is 16.2. The summed E-state index contributed by atoms with van der Waals surface area (Å²) in [6.45, 7) is 4.07. The van der Waals surface area contributed by atoms with Crippen molar-refractivity contribution in [3.63, 3.8) is 0 Å². The topological polar surface area (TPSA) is 84.7 Å². The maximum absolute atomic E-state index is 12.6. The van der Waals surface area contributed by atoms with Crippen molar-refractivity contribution in [2.24, 2.45) is 11.7 Å². The Morgan fingerprint density at radius 2 is 1.78 bits per heavy atom. The smallest absolute Gasteiger partial charge is 0.254 e. The van der Waals surface area contributed by atoms with Gasteiger partial charge < -0.3 is 20.7 Å². The van der Waals surface area contributed by atoms with E-state index in [4.69, 9.17) is 10.5 Å². The number of benzene rings is 2. The first kappa shape index (κ1) is 19.1. The van der Waals surface area contributed by atoms with E-state index in [2.05, 4.69) is 5.32 Å². The lowest BCUT2D eigenvalue weighted by molar-refractivity contribution is -0.120. The van der Waals surface area contributed by atoms with Gasteiger partial charge in [-0.3, -0.25) is 9.59 Å². The van der Waals surface area contributed by atoms with Crippen LogP contribution in [0.25, 0.3) is 0 Å². The summed E-state index contributed by atoms with van der Waals surface area (Å²) in [5.74, 6) is -0.642. The van der Waals surface area contributed by atoms with Crippen LogP contribution in [0, 0.1) is 5.92 Å².